The Morgan fingerprint density at radius 1 is 1.06 bits per heavy atom. The molecule has 0 fully saturated rings. The smallest absolute Gasteiger partial charge is 0.204 e. The summed E-state index contributed by atoms with van der Waals surface area (Å²) in [6.45, 7) is 0.561. The lowest BCUT2D eigenvalue weighted by atomic mass is 10.1. The summed E-state index contributed by atoms with van der Waals surface area (Å²) >= 11 is 0. The monoisotopic (exact) mass is 222 g/mol. The maximum absolute atomic E-state index is 5.51. The first-order valence-corrected chi connectivity index (χ1v) is 4.94. The van der Waals surface area contributed by atoms with Gasteiger partial charge in [0.25, 0.3) is 0 Å². The van der Waals surface area contributed by atoms with Crippen LogP contribution in [0.15, 0.2) is 12.1 Å². The number of ether oxygens (including phenoxy) is 4. The van der Waals surface area contributed by atoms with Crippen molar-refractivity contribution in [3.05, 3.63) is 17.7 Å². The van der Waals surface area contributed by atoms with Crippen molar-refractivity contribution in [2.75, 3.05) is 27.9 Å². The van der Waals surface area contributed by atoms with Crippen LogP contribution >= 0.6 is 0 Å². The summed E-state index contributed by atoms with van der Waals surface area (Å²) in [4.78, 5) is 0. The Balaban J connectivity index is 2.66. The van der Waals surface area contributed by atoms with Crippen LogP contribution in [0.3, 0.4) is 0 Å². The number of methoxy groups -OCH3 is 3. The second-order valence-corrected chi connectivity index (χ2v) is 3.27. The molecule has 0 unspecified atom stereocenters. The molecular weight excluding hydrogens is 208 g/mol. The fourth-order valence-electron chi connectivity index (χ4n) is 1.74. The minimum atomic E-state index is 0.561. The number of benzene rings is 1. The SMILES string of the molecule is COc1cc2c(c(OC)c1OC)C=CCO2. The molecule has 2 rings (SSSR count). The van der Waals surface area contributed by atoms with Crippen molar-refractivity contribution in [3.8, 4) is 23.0 Å². The largest absolute Gasteiger partial charge is 0.493 e. The Morgan fingerprint density at radius 3 is 2.44 bits per heavy atom. The van der Waals surface area contributed by atoms with Gasteiger partial charge in [0.05, 0.1) is 26.9 Å². The molecule has 86 valence electrons. The first-order chi connectivity index (χ1) is 7.81. The topological polar surface area (TPSA) is 36.9 Å². The van der Waals surface area contributed by atoms with E-state index >= 15 is 0 Å². The highest BCUT2D eigenvalue weighted by atomic mass is 16.5. The van der Waals surface area contributed by atoms with Crippen LogP contribution in [0.5, 0.6) is 23.0 Å². The van der Waals surface area contributed by atoms with E-state index in [2.05, 4.69) is 0 Å². The van der Waals surface area contributed by atoms with E-state index < -0.39 is 0 Å². The molecule has 1 aliphatic heterocycles. The van der Waals surface area contributed by atoms with Crippen molar-refractivity contribution in [1.82, 2.24) is 0 Å². The summed E-state index contributed by atoms with van der Waals surface area (Å²) in [6, 6.07) is 1.81. The highest BCUT2D eigenvalue weighted by Gasteiger charge is 2.21. The van der Waals surface area contributed by atoms with Gasteiger partial charge < -0.3 is 18.9 Å². The zero-order chi connectivity index (χ0) is 11.5. The normalized spacial score (nSPS) is 12.7. The van der Waals surface area contributed by atoms with Crippen LogP contribution in [0.25, 0.3) is 6.08 Å². The van der Waals surface area contributed by atoms with Gasteiger partial charge in [-0.25, -0.2) is 0 Å². The maximum atomic E-state index is 5.51. The molecule has 1 aromatic carbocycles. The third-order valence-corrected chi connectivity index (χ3v) is 2.45. The molecule has 0 amide bonds. The van der Waals surface area contributed by atoms with Crippen molar-refractivity contribution in [2.45, 2.75) is 0 Å². The summed E-state index contributed by atoms with van der Waals surface area (Å²) in [7, 11) is 4.77. The molecule has 0 spiro atoms. The van der Waals surface area contributed by atoms with Gasteiger partial charge in [-0.05, 0) is 12.2 Å². The zero-order valence-electron chi connectivity index (χ0n) is 9.57. The molecular formula is C12H14O4. The molecule has 0 saturated carbocycles. The molecule has 0 aliphatic carbocycles. The van der Waals surface area contributed by atoms with E-state index in [0.717, 1.165) is 11.3 Å². The standard InChI is InChI=1S/C12H14O4/c1-13-10-7-9-8(5-4-6-16-9)11(14-2)12(10)15-3/h4-5,7H,6H2,1-3H3. The van der Waals surface area contributed by atoms with E-state index in [1.165, 1.54) is 0 Å². The number of hydrogen-bond donors (Lipinski definition) is 0. The van der Waals surface area contributed by atoms with Crippen LogP contribution in [0, 0.1) is 0 Å². The van der Waals surface area contributed by atoms with Gasteiger partial charge in [-0.3, -0.25) is 0 Å². The molecule has 0 N–H and O–H groups in total. The molecule has 0 saturated heterocycles. The van der Waals surface area contributed by atoms with Crippen LogP contribution in [-0.2, 0) is 0 Å². The van der Waals surface area contributed by atoms with Crippen LogP contribution in [-0.4, -0.2) is 27.9 Å². The zero-order valence-corrected chi connectivity index (χ0v) is 9.57. The van der Waals surface area contributed by atoms with Crippen LogP contribution in [0.2, 0.25) is 0 Å². The first-order valence-electron chi connectivity index (χ1n) is 4.94. The fraction of sp³-hybridized carbons (Fsp3) is 0.333. The lowest BCUT2D eigenvalue weighted by Crippen LogP contribution is -2.04. The molecule has 16 heavy (non-hydrogen) atoms. The van der Waals surface area contributed by atoms with Gasteiger partial charge in [-0.15, -0.1) is 0 Å². The van der Waals surface area contributed by atoms with Crippen LogP contribution < -0.4 is 18.9 Å². The Labute approximate surface area is 94.4 Å². The maximum Gasteiger partial charge on any atom is 0.204 e. The first kappa shape index (κ1) is 10.7. The number of rotatable bonds is 3. The van der Waals surface area contributed by atoms with E-state index in [4.69, 9.17) is 18.9 Å². The summed E-state index contributed by atoms with van der Waals surface area (Å²) in [5.41, 5.74) is 0.881. The molecule has 0 atom stereocenters. The average Bonchev–Trinajstić information content (AvgIpc) is 2.36. The molecule has 1 aliphatic rings. The third kappa shape index (κ3) is 1.56. The highest BCUT2D eigenvalue weighted by molar-refractivity contribution is 5.73. The fourth-order valence-corrected chi connectivity index (χ4v) is 1.74. The summed E-state index contributed by atoms with van der Waals surface area (Å²) in [5, 5.41) is 0. The molecule has 1 heterocycles. The lowest BCUT2D eigenvalue weighted by Gasteiger charge is -2.19. The molecule has 0 radical (unpaired) electrons. The average molecular weight is 222 g/mol. The van der Waals surface area contributed by atoms with E-state index in [0.29, 0.717) is 23.9 Å². The Morgan fingerprint density at radius 2 is 1.81 bits per heavy atom. The van der Waals surface area contributed by atoms with E-state index in [1.54, 1.807) is 27.4 Å². The van der Waals surface area contributed by atoms with Crippen molar-refractivity contribution in [3.63, 3.8) is 0 Å². The van der Waals surface area contributed by atoms with Gasteiger partial charge in [-0.1, -0.05) is 0 Å². The Hall–Kier alpha value is -1.84. The molecule has 1 aromatic rings. The summed E-state index contributed by atoms with van der Waals surface area (Å²) in [6.07, 6.45) is 3.89. The van der Waals surface area contributed by atoms with Crippen LogP contribution in [0.1, 0.15) is 5.56 Å². The van der Waals surface area contributed by atoms with E-state index in [1.807, 2.05) is 12.2 Å². The minimum Gasteiger partial charge on any atom is -0.493 e. The summed E-state index contributed by atoms with van der Waals surface area (Å²) < 4.78 is 21.4. The molecule has 0 bridgehead atoms. The third-order valence-electron chi connectivity index (χ3n) is 2.45. The van der Waals surface area contributed by atoms with Crippen molar-refractivity contribution < 1.29 is 18.9 Å². The van der Waals surface area contributed by atoms with E-state index in [-0.39, 0.29) is 0 Å². The predicted octanol–water partition coefficient (Wildman–Crippen LogP) is 2.12. The van der Waals surface area contributed by atoms with Crippen molar-refractivity contribution >= 4 is 6.08 Å². The van der Waals surface area contributed by atoms with E-state index in [9.17, 15) is 0 Å². The molecule has 4 nitrogen and oxygen atoms in total. The van der Waals surface area contributed by atoms with Crippen molar-refractivity contribution in [1.29, 1.82) is 0 Å². The second-order valence-electron chi connectivity index (χ2n) is 3.27. The predicted molar refractivity (Wildman–Crippen MR) is 60.6 cm³/mol. The molecule has 4 heteroatoms. The minimum absolute atomic E-state index is 0.561. The van der Waals surface area contributed by atoms with Gasteiger partial charge >= 0.3 is 0 Å². The van der Waals surface area contributed by atoms with Gasteiger partial charge in [0, 0.05) is 6.07 Å². The van der Waals surface area contributed by atoms with Gasteiger partial charge in [0.15, 0.2) is 11.5 Å². The highest BCUT2D eigenvalue weighted by Crippen LogP contribution is 2.46. The van der Waals surface area contributed by atoms with Gasteiger partial charge in [-0.2, -0.15) is 0 Å². The van der Waals surface area contributed by atoms with Crippen LogP contribution in [0.4, 0.5) is 0 Å². The van der Waals surface area contributed by atoms with Gasteiger partial charge in [0.2, 0.25) is 5.75 Å². The second kappa shape index (κ2) is 4.35. The number of fused-ring (bicyclic) bond motifs is 1. The van der Waals surface area contributed by atoms with Gasteiger partial charge in [0.1, 0.15) is 12.4 Å². The molecule has 0 aromatic heterocycles. The number of hydrogen-bond acceptors (Lipinski definition) is 4. The quantitative estimate of drug-likeness (QED) is 0.785. The summed E-state index contributed by atoms with van der Waals surface area (Å²) in [5.74, 6) is 2.57. The lowest BCUT2D eigenvalue weighted by molar-refractivity contribution is 0.311. The van der Waals surface area contributed by atoms with Crippen molar-refractivity contribution in [2.24, 2.45) is 0 Å². The Bertz CT molecular complexity index is 424. The Kier molecular flexibility index (Phi) is 2.90.